The minimum Gasteiger partial charge on any atom is -0.492 e. The third-order valence-corrected chi connectivity index (χ3v) is 7.84. The molecule has 0 unspecified atom stereocenters. The largest absolute Gasteiger partial charge is 0.492 e. The highest BCUT2D eigenvalue weighted by Crippen LogP contribution is 2.30. The molecule has 0 spiro atoms. The van der Waals surface area contributed by atoms with Gasteiger partial charge in [-0.3, -0.25) is 4.98 Å². The summed E-state index contributed by atoms with van der Waals surface area (Å²) in [5.74, 6) is 2.48. The number of rotatable bonds is 8. The maximum absolute atomic E-state index is 6.06. The van der Waals surface area contributed by atoms with Crippen LogP contribution in [-0.4, -0.2) is 32.3 Å². The van der Waals surface area contributed by atoms with E-state index in [0.29, 0.717) is 6.61 Å². The van der Waals surface area contributed by atoms with Crippen LogP contribution in [0.2, 0.25) is 0 Å². The quantitative estimate of drug-likeness (QED) is 0.214. The Bertz CT molecular complexity index is 1260. The Morgan fingerprint density at radius 1 is 0.968 bits per heavy atom. The second-order valence-corrected chi connectivity index (χ2v) is 10.2. The summed E-state index contributed by atoms with van der Waals surface area (Å²) < 4.78 is 8.36. The highest BCUT2D eigenvalue weighted by Gasteiger charge is 2.10. The number of aromatic nitrogens is 4. The van der Waals surface area contributed by atoms with E-state index in [1.807, 2.05) is 48.7 Å². The van der Waals surface area contributed by atoms with Gasteiger partial charge < -0.3 is 9.72 Å². The van der Waals surface area contributed by atoms with Crippen molar-refractivity contribution in [1.29, 1.82) is 0 Å². The lowest BCUT2D eigenvalue weighted by Crippen LogP contribution is -2.03. The molecule has 0 atom stereocenters. The normalized spacial score (nSPS) is 11.4. The first kappa shape index (κ1) is 20.4. The number of thiazole rings is 1. The SMILES string of the molecule is Cc1c(OCCSc2nc3ccccc3s2)ccnc1CSc1nc2ccccc2[nH]1. The van der Waals surface area contributed by atoms with Gasteiger partial charge in [-0.1, -0.05) is 47.8 Å². The van der Waals surface area contributed by atoms with E-state index >= 15 is 0 Å². The van der Waals surface area contributed by atoms with Crippen molar-refractivity contribution < 1.29 is 4.74 Å². The van der Waals surface area contributed by atoms with Crippen LogP contribution in [0.1, 0.15) is 11.3 Å². The number of para-hydroxylation sites is 3. The number of hydrogen-bond donors (Lipinski definition) is 1. The van der Waals surface area contributed by atoms with E-state index in [0.717, 1.165) is 54.6 Å². The first-order valence-corrected chi connectivity index (χ1v) is 12.7. The number of nitrogens with one attached hydrogen (secondary N) is 1. The summed E-state index contributed by atoms with van der Waals surface area (Å²) in [4.78, 5) is 17.2. The number of H-pyrrole nitrogens is 1. The first-order chi connectivity index (χ1) is 15.3. The van der Waals surface area contributed by atoms with E-state index in [4.69, 9.17) is 4.74 Å². The molecule has 0 saturated heterocycles. The van der Waals surface area contributed by atoms with Crippen LogP contribution in [0.4, 0.5) is 0 Å². The van der Waals surface area contributed by atoms with E-state index < -0.39 is 0 Å². The summed E-state index contributed by atoms with van der Waals surface area (Å²) in [6.45, 7) is 2.69. The molecule has 0 aliphatic heterocycles. The van der Waals surface area contributed by atoms with Crippen molar-refractivity contribution in [1.82, 2.24) is 19.9 Å². The third-order valence-electron chi connectivity index (χ3n) is 4.81. The van der Waals surface area contributed by atoms with Crippen molar-refractivity contribution in [2.45, 2.75) is 22.2 Å². The second kappa shape index (κ2) is 9.30. The molecule has 0 amide bonds. The fraction of sp³-hybridized carbons (Fsp3) is 0.174. The van der Waals surface area contributed by atoms with E-state index in [1.165, 1.54) is 4.70 Å². The molecule has 5 aromatic rings. The highest BCUT2D eigenvalue weighted by molar-refractivity contribution is 8.01. The van der Waals surface area contributed by atoms with Gasteiger partial charge in [-0.25, -0.2) is 9.97 Å². The van der Waals surface area contributed by atoms with Crippen LogP contribution in [0.25, 0.3) is 21.3 Å². The van der Waals surface area contributed by atoms with Gasteiger partial charge in [0.1, 0.15) is 5.75 Å². The summed E-state index contributed by atoms with van der Waals surface area (Å²) in [6.07, 6.45) is 1.82. The smallest absolute Gasteiger partial charge is 0.166 e. The van der Waals surface area contributed by atoms with Gasteiger partial charge >= 0.3 is 0 Å². The monoisotopic (exact) mass is 464 g/mol. The maximum Gasteiger partial charge on any atom is 0.166 e. The fourth-order valence-electron chi connectivity index (χ4n) is 3.19. The molecule has 0 radical (unpaired) electrons. The van der Waals surface area contributed by atoms with Gasteiger partial charge in [0.2, 0.25) is 0 Å². The zero-order valence-electron chi connectivity index (χ0n) is 16.9. The van der Waals surface area contributed by atoms with Gasteiger partial charge in [-0.05, 0) is 37.3 Å². The van der Waals surface area contributed by atoms with Crippen LogP contribution < -0.4 is 4.74 Å². The Labute approximate surface area is 192 Å². The molecule has 1 N–H and O–H groups in total. The standard InChI is InChI=1S/C23H20N4OS3/c1-15-19(14-30-22-25-16-6-2-3-7-17(16)26-22)24-11-10-20(15)28-12-13-29-23-27-18-8-4-5-9-21(18)31-23/h2-11H,12-14H2,1H3,(H,25,26). The summed E-state index contributed by atoms with van der Waals surface area (Å²) >= 11 is 5.12. The molecule has 31 heavy (non-hydrogen) atoms. The molecule has 2 aromatic carbocycles. The van der Waals surface area contributed by atoms with Gasteiger partial charge in [-0.15, -0.1) is 11.3 Å². The van der Waals surface area contributed by atoms with Gasteiger partial charge in [0.15, 0.2) is 9.50 Å². The Kier molecular flexibility index (Phi) is 6.11. The summed E-state index contributed by atoms with van der Waals surface area (Å²) in [6, 6.07) is 18.2. The average molecular weight is 465 g/mol. The lowest BCUT2D eigenvalue weighted by molar-refractivity contribution is 0.340. The average Bonchev–Trinajstić information content (AvgIpc) is 3.40. The zero-order chi connectivity index (χ0) is 21.0. The number of nitrogens with zero attached hydrogens (tertiary/aromatic N) is 3. The predicted octanol–water partition coefficient (Wildman–Crippen LogP) is 6.34. The zero-order valence-corrected chi connectivity index (χ0v) is 19.3. The fourth-order valence-corrected chi connectivity index (χ4v) is 6.05. The molecule has 0 saturated carbocycles. The molecule has 0 fully saturated rings. The summed E-state index contributed by atoms with van der Waals surface area (Å²) in [5.41, 5.74) is 5.19. The Morgan fingerprint density at radius 3 is 2.68 bits per heavy atom. The Hall–Kier alpha value is -2.55. The molecule has 5 nitrogen and oxygen atoms in total. The number of benzene rings is 2. The summed E-state index contributed by atoms with van der Waals surface area (Å²) in [7, 11) is 0. The number of hydrogen-bond acceptors (Lipinski definition) is 7. The van der Waals surface area contributed by atoms with Crippen LogP contribution in [-0.2, 0) is 5.75 Å². The minimum absolute atomic E-state index is 0.627. The van der Waals surface area contributed by atoms with Gasteiger partial charge in [0.25, 0.3) is 0 Å². The van der Waals surface area contributed by atoms with E-state index in [2.05, 4.69) is 39.0 Å². The number of pyridine rings is 1. The molecule has 0 aliphatic carbocycles. The molecule has 8 heteroatoms. The Balaban J connectivity index is 1.17. The Morgan fingerprint density at radius 2 is 1.81 bits per heavy atom. The topological polar surface area (TPSA) is 63.7 Å². The van der Waals surface area contributed by atoms with Gasteiger partial charge in [-0.2, -0.15) is 0 Å². The molecule has 5 rings (SSSR count). The van der Waals surface area contributed by atoms with E-state index in [9.17, 15) is 0 Å². The lowest BCUT2D eigenvalue weighted by atomic mass is 10.2. The van der Waals surface area contributed by atoms with Gasteiger partial charge in [0.05, 0.1) is 33.6 Å². The first-order valence-electron chi connectivity index (χ1n) is 9.89. The molecule has 0 bridgehead atoms. The van der Waals surface area contributed by atoms with Crippen LogP contribution >= 0.6 is 34.9 Å². The molecular weight excluding hydrogens is 444 g/mol. The van der Waals surface area contributed by atoms with E-state index in [-0.39, 0.29) is 0 Å². The third kappa shape index (κ3) is 4.71. The molecule has 3 heterocycles. The highest BCUT2D eigenvalue weighted by atomic mass is 32.2. The van der Waals surface area contributed by atoms with Crippen LogP contribution in [0.3, 0.4) is 0 Å². The summed E-state index contributed by atoms with van der Waals surface area (Å²) in [5, 5.41) is 0.904. The van der Waals surface area contributed by atoms with E-state index in [1.54, 1.807) is 34.9 Å². The molecular formula is C23H20N4OS3. The van der Waals surface area contributed by atoms with Crippen molar-refractivity contribution in [3.8, 4) is 5.75 Å². The molecule has 3 aromatic heterocycles. The number of imidazole rings is 1. The van der Waals surface area contributed by atoms with Crippen LogP contribution in [0.15, 0.2) is 70.3 Å². The van der Waals surface area contributed by atoms with Crippen LogP contribution in [0.5, 0.6) is 5.75 Å². The van der Waals surface area contributed by atoms with Crippen molar-refractivity contribution in [3.63, 3.8) is 0 Å². The number of fused-ring (bicyclic) bond motifs is 2. The van der Waals surface area contributed by atoms with Gasteiger partial charge in [0, 0.05) is 23.3 Å². The second-order valence-electron chi connectivity index (χ2n) is 6.87. The van der Waals surface area contributed by atoms with Crippen LogP contribution in [0, 0.1) is 6.92 Å². The maximum atomic E-state index is 6.06. The molecule has 0 aliphatic rings. The van der Waals surface area contributed by atoms with Crippen molar-refractivity contribution >= 4 is 56.1 Å². The number of aromatic amines is 1. The number of ether oxygens (including phenoxy) is 1. The van der Waals surface area contributed by atoms with Crippen molar-refractivity contribution in [2.24, 2.45) is 0 Å². The number of thioether (sulfide) groups is 2. The minimum atomic E-state index is 0.627. The lowest BCUT2D eigenvalue weighted by Gasteiger charge is -2.11. The molecule has 156 valence electrons. The predicted molar refractivity (Wildman–Crippen MR) is 130 cm³/mol. The van der Waals surface area contributed by atoms with Crippen molar-refractivity contribution in [2.75, 3.05) is 12.4 Å². The van der Waals surface area contributed by atoms with Crippen molar-refractivity contribution in [3.05, 3.63) is 72.1 Å².